The van der Waals surface area contributed by atoms with E-state index < -0.39 is 16.7 Å². The Morgan fingerprint density at radius 3 is 2.95 bits per heavy atom. The molecule has 0 aromatic carbocycles. The number of carbonyl (C=O) groups is 1. The van der Waals surface area contributed by atoms with Gasteiger partial charge in [0.2, 0.25) is 0 Å². The van der Waals surface area contributed by atoms with Gasteiger partial charge in [0.15, 0.2) is 5.76 Å². The van der Waals surface area contributed by atoms with Crippen molar-refractivity contribution in [3.63, 3.8) is 0 Å². The maximum atomic E-state index is 11.8. The summed E-state index contributed by atoms with van der Waals surface area (Å²) in [6.07, 6.45) is 1.80. The van der Waals surface area contributed by atoms with Gasteiger partial charge in [-0.15, -0.1) is 0 Å². The molecule has 8 nitrogen and oxygen atoms in total. The van der Waals surface area contributed by atoms with Crippen LogP contribution in [-0.4, -0.2) is 20.4 Å². The number of rotatable bonds is 4. The van der Waals surface area contributed by atoms with E-state index in [4.69, 9.17) is 4.42 Å². The van der Waals surface area contributed by atoms with Crippen LogP contribution in [-0.2, 0) is 6.54 Å². The fourth-order valence-corrected chi connectivity index (χ4v) is 1.88. The highest BCUT2D eigenvalue weighted by Gasteiger charge is 2.17. The Labute approximate surface area is 118 Å². The first-order chi connectivity index (χ1) is 10.1. The minimum absolute atomic E-state index is 0.106. The van der Waals surface area contributed by atoms with Crippen LogP contribution in [0.25, 0.3) is 5.52 Å². The highest BCUT2D eigenvalue weighted by molar-refractivity contribution is 5.91. The number of pyridine rings is 1. The lowest BCUT2D eigenvalue weighted by molar-refractivity contribution is -0.402. The molecule has 21 heavy (non-hydrogen) atoms. The Bertz CT molecular complexity index is 787. The number of nitro groups is 1. The summed E-state index contributed by atoms with van der Waals surface area (Å²) in [5, 5.41) is 17.4. The van der Waals surface area contributed by atoms with E-state index in [-0.39, 0.29) is 12.3 Å². The van der Waals surface area contributed by atoms with Crippen LogP contribution in [0.5, 0.6) is 0 Å². The fourth-order valence-electron chi connectivity index (χ4n) is 1.88. The van der Waals surface area contributed by atoms with Crippen molar-refractivity contribution in [1.82, 2.24) is 14.9 Å². The second kappa shape index (κ2) is 5.08. The second-order valence-electron chi connectivity index (χ2n) is 4.28. The first-order valence-electron chi connectivity index (χ1n) is 6.09. The van der Waals surface area contributed by atoms with Gasteiger partial charge in [0.05, 0.1) is 23.8 Å². The third-order valence-electron chi connectivity index (χ3n) is 2.85. The molecule has 0 saturated carbocycles. The van der Waals surface area contributed by atoms with Crippen LogP contribution in [0.1, 0.15) is 16.2 Å². The molecule has 0 aliphatic heterocycles. The van der Waals surface area contributed by atoms with Crippen LogP contribution in [0.4, 0.5) is 5.88 Å². The van der Waals surface area contributed by atoms with Crippen molar-refractivity contribution in [1.29, 1.82) is 0 Å². The molecule has 0 saturated heterocycles. The van der Waals surface area contributed by atoms with Crippen molar-refractivity contribution in [3.8, 4) is 0 Å². The summed E-state index contributed by atoms with van der Waals surface area (Å²) < 4.78 is 6.51. The minimum Gasteiger partial charge on any atom is -0.395 e. The van der Waals surface area contributed by atoms with Crippen LogP contribution >= 0.6 is 0 Å². The van der Waals surface area contributed by atoms with Crippen LogP contribution in [0.3, 0.4) is 0 Å². The SMILES string of the molecule is O=C(NCc1cc2ccccn2n1)c1ccc([N+](=O)[O-])o1. The van der Waals surface area contributed by atoms with Gasteiger partial charge >= 0.3 is 5.88 Å². The Balaban J connectivity index is 1.68. The van der Waals surface area contributed by atoms with Crippen LogP contribution < -0.4 is 5.32 Å². The molecule has 1 N–H and O–H groups in total. The number of nitrogens with one attached hydrogen (secondary N) is 1. The summed E-state index contributed by atoms with van der Waals surface area (Å²) in [6, 6.07) is 9.88. The zero-order chi connectivity index (χ0) is 14.8. The normalized spacial score (nSPS) is 10.7. The topological polar surface area (TPSA) is 103 Å². The zero-order valence-corrected chi connectivity index (χ0v) is 10.7. The number of carbonyl (C=O) groups excluding carboxylic acids is 1. The molecule has 3 rings (SSSR count). The molecule has 0 aliphatic rings. The lowest BCUT2D eigenvalue weighted by Gasteiger charge is -1.99. The maximum Gasteiger partial charge on any atom is 0.433 e. The average Bonchev–Trinajstić information content (AvgIpc) is 3.11. The number of hydrogen-bond acceptors (Lipinski definition) is 5. The van der Waals surface area contributed by atoms with Crippen LogP contribution in [0, 0.1) is 10.1 Å². The first kappa shape index (κ1) is 12.9. The minimum atomic E-state index is -0.696. The molecule has 0 radical (unpaired) electrons. The number of nitrogens with zero attached hydrogens (tertiary/aromatic N) is 3. The van der Waals surface area contributed by atoms with Gasteiger partial charge < -0.3 is 9.73 Å². The van der Waals surface area contributed by atoms with Crippen molar-refractivity contribution >= 4 is 17.3 Å². The first-order valence-corrected chi connectivity index (χ1v) is 6.09. The Morgan fingerprint density at radius 2 is 2.24 bits per heavy atom. The number of amides is 1. The largest absolute Gasteiger partial charge is 0.433 e. The van der Waals surface area contributed by atoms with Crippen molar-refractivity contribution in [2.45, 2.75) is 6.54 Å². The van der Waals surface area contributed by atoms with Crippen molar-refractivity contribution in [3.05, 3.63) is 64.2 Å². The van der Waals surface area contributed by atoms with Crippen molar-refractivity contribution < 1.29 is 14.1 Å². The van der Waals surface area contributed by atoms with Gasteiger partial charge in [-0.3, -0.25) is 14.9 Å². The van der Waals surface area contributed by atoms with Crippen molar-refractivity contribution in [2.24, 2.45) is 0 Å². The number of aromatic nitrogens is 2. The summed E-state index contributed by atoms with van der Waals surface area (Å²) in [4.78, 5) is 21.6. The van der Waals surface area contributed by atoms with E-state index in [1.807, 2.05) is 24.3 Å². The molecule has 0 bridgehead atoms. The summed E-state index contributed by atoms with van der Waals surface area (Å²) in [6.45, 7) is 0.203. The molecule has 1 amide bonds. The van der Waals surface area contributed by atoms with Gasteiger partial charge in [0, 0.05) is 6.20 Å². The monoisotopic (exact) mass is 286 g/mol. The molecule has 3 aromatic rings. The summed E-state index contributed by atoms with van der Waals surface area (Å²) in [5.74, 6) is -1.10. The predicted molar refractivity (Wildman–Crippen MR) is 71.7 cm³/mol. The van der Waals surface area contributed by atoms with Gasteiger partial charge in [-0.1, -0.05) is 6.07 Å². The maximum absolute atomic E-state index is 11.8. The van der Waals surface area contributed by atoms with Gasteiger partial charge in [-0.2, -0.15) is 5.10 Å². The number of hydrogen-bond donors (Lipinski definition) is 1. The van der Waals surface area contributed by atoms with Gasteiger partial charge in [0.25, 0.3) is 5.91 Å². The standard InChI is InChI=1S/C13H10N4O4/c18-13(11-4-5-12(21-11)17(19)20)14-8-9-7-10-3-1-2-6-16(10)15-9/h1-7H,8H2,(H,14,18). The van der Waals surface area contributed by atoms with Gasteiger partial charge in [-0.25, -0.2) is 4.52 Å². The molecular weight excluding hydrogens is 276 g/mol. The third-order valence-corrected chi connectivity index (χ3v) is 2.85. The molecule has 106 valence electrons. The van der Waals surface area contributed by atoms with Gasteiger partial charge in [-0.05, 0) is 24.3 Å². The van der Waals surface area contributed by atoms with E-state index >= 15 is 0 Å². The van der Waals surface area contributed by atoms with E-state index in [9.17, 15) is 14.9 Å². The molecule has 3 heterocycles. The Kier molecular flexibility index (Phi) is 3.11. The molecule has 0 fully saturated rings. The second-order valence-corrected chi connectivity index (χ2v) is 4.28. The smallest absolute Gasteiger partial charge is 0.395 e. The molecular formula is C13H10N4O4. The third kappa shape index (κ3) is 2.59. The van der Waals surface area contributed by atoms with E-state index in [2.05, 4.69) is 10.4 Å². The number of fused-ring (bicyclic) bond motifs is 1. The van der Waals surface area contributed by atoms with Gasteiger partial charge in [0.1, 0.15) is 4.92 Å². The van der Waals surface area contributed by atoms with Crippen LogP contribution in [0.15, 0.2) is 47.0 Å². The van der Waals surface area contributed by atoms with E-state index in [0.717, 1.165) is 11.6 Å². The summed E-state index contributed by atoms with van der Waals surface area (Å²) in [7, 11) is 0. The predicted octanol–water partition coefficient (Wildman–Crippen LogP) is 1.77. The van der Waals surface area contributed by atoms with E-state index in [1.54, 1.807) is 10.7 Å². The Hall–Kier alpha value is -3.16. The Morgan fingerprint density at radius 1 is 1.38 bits per heavy atom. The highest BCUT2D eigenvalue weighted by atomic mass is 16.6. The highest BCUT2D eigenvalue weighted by Crippen LogP contribution is 2.15. The molecule has 3 aromatic heterocycles. The lowest BCUT2D eigenvalue weighted by atomic mass is 10.3. The van der Waals surface area contributed by atoms with Crippen molar-refractivity contribution in [2.75, 3.05) is 0 Å². The molecule has 8 heteroatoms. The summed E-state index contributed by atoms with van der Waals surface area (Å²) in [5.41, 5.74) is 1.59. The molecule has 0 atom stereocenters. The fraction of sp³-hybridized carbons (Fsp3) is 0.0769. The van der Waals surface area contributed by atoms with E-state index in [1.165, 1.54) is 6.07 Å². The summed E-state index contributed by atoms with van der Waals surface area (Å²) >= 11 is 0. The number of furan rings is 1. The lowest BCUT2D eigenvalue weighted by Crippen LogP contribution is -2.22. The zero-order valence-electron chi connectivity index (χ0n) is 10.7. The quantitative estimate of drug-likeness (QED) is 0.581. The average molecular weight is 286 g/mol. The molecule has 0 aliphatic carbocycles. The van der Waals surface area contributed by atoms with Crippen LogP contribution in [0.2, 0.25) is 0 Å². The van der Waals surface area contributed by atoms with E-state index in [0.29, 0.717) is 5.69 Å². The molecule has 0 unspecified atom stereocenters. The molecule has 0 spiro atoms.